The summed E-state index contributed by atoms with van der Waals surface area (Å²) in [5.74, 6) is -2.12. The van der Waals surface area contributed by atoms with Crippen LogP contribution in [0, 0.1) is 5.82 Å². The molecule has 0 spiro atoms. The molecule has 2 heterocycles. The van der Waals surface area contributed by atoms with Crippen LogP contribution in [0.25, 0.3) is 16.7 Å². The number of phenols is 2. The number of nitrogens with two attached hydrogens (primary N) is 1. The number of primary amides is 1. The Balaban J connectivity index is 1.67. The molecular formula is C21H17FN6O5. The van der Waals surface area contributed by atoms with Gasteiger partial charge >= 0.3 is 5.69 Å². The number of anilines is 1. The number of aromatic hydroxyl groups is 2. The van der Waals surface area contributed by atoms with E-state index < -0.39 is 29.0 Å². The molecule has 2 aromatic carbocycles. The van der Waals surface area contributed by atoms with Gasteiger partial charge in [-0.3, -0.25) is 14.6 Å². The molecule has 0 radical (unpaired) electrons. The molecule has 1 amide bonds. The van der Waals surface area contributed by atoms with Crippen molar-refractivity contribution in [2.24, 2.45) is 5.73 Å². The number of nitrogens with one attached hydrogen (secondary N) is 2. The number of hydrogen-bond donors (Lipinski definition) is 5. The average Bonchev–Trinajstić information content (AvgIpc) is 2.75. The molecule has 11 nitrogen and oxygen atoms in total. The maximum atomic E-state index is 13.5. The lowest BCUT2D eigenvalue weighted by molar-refractivity contribution is -0.118. The zero-order valence-corrected chi connectivity index (χ0v) is 16.8. The van der Waals surface area contributed by atoms with Crippen molar-refractivity contribution in [3.05, 3.63) is 80.9 Å². The summed E-state index contributed by atoms with van der Waals surface area (Å²) < 4.78 is 14.3. The fourth-order valence-electron chi connectivity index (χ4n) is 3.23. The summed E-state index contributed by atoms with van der Waals surface area (Å²) in [7, 11) is 0. The van der Waals surface area contributed by atoms with Crippen molar-refractivity contribution in [1.29, 1.82) is 0 Å². The first-order valence-corrected chi connectivity index (χ1v) is 9.57. The smallest absolute Gasteiger partial charge is 0.334 e. The van der Waals surface area contributed by atoms with Gasteiger partial charge in [-0.1, -0.05) is 12.1 Å². The molecule has 0 saturated heterocycles. The Morgan fingerprint density at radius 2 is 1.97 bits per heavy atom. The number of amides is 1. The van der Waals surface area contributed by atoms with Crippen LogP contribution in [0.1, 0.15) is 5.56 Å². The predicted molar refractivity (Wildman–Crippen MR) is 116 cm³/mol. The van der Waals surface area contributed by atoms with Gasteiger partial charge in [0, 0.05) is 12.6 Å². The number of benzene rings is 2. The van der Waals surface area contributed by atoms with Gasteiger partial charge in [0.2, 0.25) is 11.9 Å². The van der Waals surface area contributed by atoms with E-state index in [-0.39, 0.29) is 40.6 Å². The van der Waals surface area contributed by atoms with Gasteiger partial charge in [-0.2, -0.15) is 4.98 Å². The molecule has 0 aliphatic heterocycles. The molecule has 1 atom stereocenters. The molecule has 0 aliphatic rings. The first kappa shape index (κ1) is 21.5. The van der Waals surface area contributed by atoms with Gasteiger partial charge < -0.3 is 21.3 Å². The highest BCUT2D eigenvalue weighted by Crippen LogP contribution is 2.25. The zero-order valence-electron chi connectivity index (χ0n) is 16.8. The van der Waals surface area contributed by atoms with Crippen molar-refractivity contribution in [3.63, 3.8) is 0 Å². The number of halogens is 1. The molecule has 6 N–H and O–H groups in total. The van der Waals surface area contributed by atoms with E-state index in [0.717, 1.165) is 16.8 Å². The normalized spacial score (nSPS) is 11.9. The molecule has 33 heavy (non-hydrogen) atoms. The van der Waals surface area contributed by atoms with Crippen LogP contribution >= 0.6 is 0 Å². The van der Waals surface area contributed by atoms with Crippen LogP contribution in [0.15, 0.2) is 58.3 Å². The third-order valence-electron chi connectivity index (χ3n) is 4.84. The molecule has 12 heteroatoms. The van der Waals surface area contributed by atoms with Crippen molar-refractivity contribution < 1.29 is 19.4 Å². The highest BCUT2D eigenvalue weighted by molar-refractivity contribution is 5.83. The zero-order chi connectivity index (χ0) is 23.7. The molecule has 0 bridgehead atoms. The number of carbonyl (C=O) groups is 1. The van der Waals surface area contributed by atoms with Crippen LogP contribution < -0.4 is 22.3 Å². The summed E-state index contributed by atoms with van der Waals surface area (Å²) in [5.41, 5.74) is 4.29. The maximum Gasteiger partial charge on any atom is 0.334 e. The molecule has 168 valence electrons. The molecule has 0 aliphatic carbocycles. The standard InChI is InChI=1S/C21H17FN6O5/c22-11-2-1-3-12(8-11)28-19(32)13-9-24-20(26-18(13)27-21(28)33)25-14(17(23)31)6-10-4-5-15(29)16(30)7-10/h1-5,7-9,14,29-30H,6H2,(H2,23,31)(H2,24,25,26,27,33)/t14-/m0/s1. The Bertz CT molecular complexity index is 1500. The Morgan fingerprint density at radius 1 is 1.18 bits per heavy atom. The molecule has 0 unspecified atom stereocenters. The topological polar surface area (TPSA) is 176 Å². The first-order valence-electron chi connectivity index (χ1n) is 9.57. The van der Waals surface area contributed by atoms with E-state index in [4.69, 9.17) is 5.73 Å². The summed E-state index contributed by atoms with van der Waals surface area (Å²) >= 11 is 0. The summed E-state index contributed by atoms with van der Waals surface area (Å²) in [6.07, 6.45) is 1.19. The lowest BCUT2D eigenvalue weighted by atomic mass is 10.0. The lowest BCUT2D eigenvalue weighted by Crippen LogP contribution is -2.38. The van der Waals surface area contributed by atoms with Crippen molar-refractivity contribution in [1.82, 2.24) is 19.5 Å². The summed E-state index contributed by atoms with van der Waals surface area (Å²) in [6, 6.07) is 8.02. The number of phenolic OH excluding ortho intramolecular Hbond substituents is 2. The third-order valence-corrected chi connectivity index (χ3v) is 4.84. The van der Waals surface area contributed by atoms with Crippen LogP contribution in [0.3, 0.4) is 0 Å². The number of aromatic nitrogens is 4. The minimum Gasteiger partial charge on any atom is -0.504 e. The average molecular weight is 452 g/mol. The molecular weight excluding hydrogens is 435 g/mol. The van der Waals surface area contributed by atoms with Crippen molar-refractivity contribution in [2.75, 3.05) is 5.32 Å². The van der Waals surface area contributed by atoms with Crippen LogP contribution in [-0.4, -0.2) is 41.7 Å². The minimum absolute atomic E-state index is 0.0300. The maximum absolute atomic E-state index is 13.5. The molecule has 0 saturated carbocycles. The molecule has 4 aromatic rings. The van der Waals surface area contributed by atoms with Gasteiger partial charge in [0.25, 0.3) is 5.56 Å². The second-order valence-electron chi connectivity index (χ2n) is 7.13. The minimum atomic E-state index is -1.01. The van der Waals surface area contributed by atoms with Gasteiger partial charge in [-0.15, -0.1) is 0 Å². The SMILES string of the molecule is NC(=O)[C@H](Cc1ccc(O)c(O)c1)Nc1ncc2c(=O)n(-c3cccc(F)c3)c(=O)[nH]c2n1. The van der Waals surface area contributed by atoms with E-state index in [1.807, 2.05) is 0 Å². The van der Waals surface area contributed by atoms with Crippen LogP contribution in [0.5, 0.6) is 11.5 Å². The number of carbonyl (C=O) groups excluding carboxylic acids is 1. The Hall–Kier alpha value is -4.74. The van der Waals surface area contributed by atoms with Crippen molar-refractivity contribution in [2.45, 2.75) is 12.5 Å². The van der Waals surface area contributed by atoms with E-state index in [2.05, 4.69) is 20.3 Å². The highest BCUT2D eigenvalue weighted by Gasteiger charge is 2.19. The Labute approximate surface area is 184 Å². The summed E-state index contributed by atoms with van der Waals surface area (Å²) in [4.78, 5) is 47.7. The van der Waals surface area contributed by atoms with Crippen molar-refractivity contribution in [3.8, 4) is 17.2 Å². The second kappa shape index (κ2) is 8.42. The fraction of sp³-hybridized carbons (Fsp3) is 0.0952. The Kier molecular flexibility index (Phi) is 5.48. The van der Waals surface area contributed by atoms with Gasteiger partial charge in [0.15, 0.2) is 17.1 Å². The first-order chi connectivity index (χ1) is 15.7. The van der Waals surface area contributed by atoms with Gasteiger partial charge in [0.05, 0.1) is 5.69 Å². The largest absolute Gasteiger partial charge is 0.504 e. The van der Waals surface area contributed by atoms with E-state index in [1.54, 1.807) is 0 Å². The molecule has 4 rings (SSSR count). The van der Waals surface area contributed by atoms with Gasteiger partial charge in [-0.25, -0.2) is 18.7 Å². The van der Waals surface area contributed by atoms with Crippen LogP contribution in [0.2, 0.25) is 0 Å². The second-order valence-corrected chi connectivity index (χ2v) is 7.13. The van der Waals surface area contributed by atoms with E-state index >= 15 is 0 Å². The summed E-state index contributed by atoms with van der Waals surface area (Å²) in [6.45, 7) is 0. The van der Waals surface area contributed by atoms with Crippen LogP contribution in [-0.2, 0) is 11.2 Å². The van der Waals surface area contributed by atoms with Crippen molar-refractivity contribution >= 4 is 22.9 Å². The highest BCUT2D eigenvalue weighted by atomic mass is 19.1. The number of H-pyrrole nitrogens is 1. The monoisotopic (exact) mass is 452 g/mol. The van der Waals surface area contributed by atoms with E-state index in [0.29, 0.717) is 5.56 Å². The predicted octanol–water partition coefficient (Wildman–Crippen LogP) is 0.528. The van der Waals surface area contributed by atoms with Gasteiger partial charge in [0.1, 0.15) is 17.2 Å². The molecule has 0 fully saturated rings. The number of fused-ring (bicyclic) bond motifs is 1. The summed E-state index contributed by atoms with van der Waals surface area (Å²) in [5, 5.41) is 21.7. The quantitative estimate of drug-likeness (QED) is 0.263. The number of rotatable bonds is 6. The fourth-order valence-corrected chi connectivity index (χ4v) is 3.23. The van der Waals surface area contributed by atoms with Gasteiger partial charge in [-0.05, 0) is 35.9 Å². The Morgan fingerprint density at radius 3 is 2.67 bits per heavy atom. The number of aromatic amines is 1. The number of hydrogen-bond acceptors (Lipinski definition) is 8. The van der Waals surface area contributed by atoms with Crippen LogP contribution in [0.4, 0.5) is 10.3 Å². The third kappa shape index (κ3) is 4.35. The van der Waals surface area contributed by atoms with E-state index in [9.17, 15) is 29.0 Å². The van der Waals surface area contributed by atoms with E-state index in [1.165, 1.54) is 36.4 Å². The lowest BCUT2D eigenvalue weighted by Gasteiger charge is -2.16. The number of nitrogens with zero attached hydrogens (tertiary/aromatic N) is 3. The molecule has 2 aromatic heterocycles.